The molecule has 1 heterocycles. The molecule has 1 N–H and O–H groups in total. The van der Waals surface area contributed by atoms with Gasteiger partial charge in [0.2, 0.25) is 0 Å². The monoisotopic (exact) mass is 304 g/mol. The van der Waals surface area contributed by atoms with Gasteiger partial charge in [0.1, 0.15) is 4.92 Å². The lowest BCUT2D eigenvalue weighted by molar-refractivity contribution is -0.402. The Labute approximate surface area is 107 Å². The van der Waals surface area contributed by atoms with Crippen molar-refractivity contribution in [3.8, 4) is 0 Å². The summed E-state index contributed by atoms with van der Waals surface area (Å²) in [6.07, 6.45) is 0. The topological polar surface area (TPSA) is 85.4 Å². The van der Waals surface area contributed by atoms with Crippen LogP contribution in [0.3, 0.4) is 0 Å². The Morgan fingerprint density at radius 1 is 1.59 bits per heavy atom. The summed E-state index contributed by atoms with van der Waals surface area (Å²) in [6, 6.07) is 2.43. The maximum atomic E-state index is 11.8. The summed E-state index contributed by atoms with van der Waals surface area (Å²) in [6.45, 7) is 5.56. The zero-order chi connectivity index (χ0) is 13.2. The Bertz CT molecular complexity index is 439. The summed E-state index contributed by atoms with van der Waals surface area (Å²) in [5.41, 5.74) is -0.487. The van der Waals surface area contributed by atoms with Gasteiger partial charge in [0.15, 0.2) is 5.76 Å². The zero-order valence-electron chi connectivity index (χ0n) is 9.69. The SMILES string of the molecule is CC(Br)C(C)(C)NC(=O)c1ccc([N+](=O)[O-])o1. The van der Waals surface area contributed by atoms with E-state index < -0.39 is 22.3 Å². The van der Waals surface area contributed by atoms with E-state index in [9.17, 15) is 14.9 Å². The standard InChI is InChI=1S/C10H13BrN2O4/c1-6(11)10(2,3)12-9(14)7-4-5-8(17-7)13(15)16/h4-6H,1-3H3,(H,12,14). The summed E-state index contributed by atoms with van der Waals surface area (Å²) in [5, 5.41) is 13.1. The number of hydrogen-bond donors (Lipinski definition) is 1. The van der Waals surface area contributed by atoms with E-state index in [-0.39, 0.29) is 10.6 Å². The molecule has 0 radical (unpaired) electrons. The van der Waals surface area contributed by atoms with E-state index in [0.29, 0.717) is 0 Å². The predicted molar refractivity (Wildman–Crippen MR) is 65.3 cm³/mol. The molecule has 0 aliphatic heterocycles. The van der Waals surface area contributed by atoms with Crippen LogP contribution in [0.5, 0.6) is 0 Å². The lowest BCUT2D eigenvalue weighted by atomic mass is 10.0. The molecule has 0 fully saturated rings. The van der Waals surface area contributed by atoms with Gasteiger partial charge in [-0.25, -0.2) is 0 Å². The first-order chi connectivity index (χ1) is 7.74. The van der Waals surface area contributed by atoms with E-state index in [1.165, 1.54) is 6.07 Å². The minimum Gasteiger partial charge on any atom is -0.395 e. The molecule has 1 amide bonds. The van der Waals surface area contributed by atoms with Crippen LogP contribution in [-0.4, -0.2) is 21.2 Å². The third-order valence-corrected chi connectivity index (χ3v) is 3.57. The quantitative estimate of drug-likeness (QED) is 0.526. The molecule has 1 aromatic rings. The second kappa shape index (κ2) is 4.87. The Hall–Kier alpha value is -1.37. The minimum atomic E-state index is -0.685. The van der Waals surface area contributed by atoms with E-state index in [4.69, 9.17) is 4.42 Å². The van der Waals surface area contributed by atoms with E-state index in [2.05, 4.69) is 21.2 Å². The number of furan rings is 1. The van der Waals surface area contributed by atoms with E-state index in [1.807, 2.05) is 20.8 Å². The molecular formula is C10H13BrN2O4. The Balaban J connectivity index is 2.80. The van der Waals surface area contributed by atoms with Crippen molar-refractivity contribution >= 4 is 27.7 Å². The molecule has 7 heteroatoms. The van der Waals surface area contributed by atoms with Crippen LogP contribution in [0.1, 0.15) is 31.3 Å². The molecule has 1 atom stereocenters. The van der Waals surface area contributed by atoms with Crippen LogP contribution < -0.4 is 5.32 Å². The molecule has 0 aliphatic carbocycles. The van der Waals surface area contributed by atoms with Crippen molar-refractivity contribution in [2.24, 2.45) is 0 Å². The van der Waals surface area contributed by atoms with Crippen molar-refractivity contribution in [3.63, 3.8) is 0 Å². The fraction of sp³-hybridized carbons (Fsp3) is 0.500. The average molecular weight is 305 g/mol. The number of nitro groups is 1. The van der Waals surface area contributed by atoms with Gasteiger partial charge in [-0.2, -0.15) is 0 Å². The summed E-state index contributed by atoms with van der Waals surface area (Å²) < 4.78 is 4.81. The molecule has 1 unspecified atom stereocenters. The Morgan fingerprint density at radius 2 is 2.18 bits per heavy atom. The molecule has 1 aromatic heterocycles. The average Bonchev–Trinajstić information content (AvgIpc) is 2.65. The van der Waals surface area contributed by atoms with Gasteiger partial charge < -0.3 is 9.73 Å². The number of hydrogen-bond acceptors (Lipinski definition) is 4. The highest BCUT2D eigenvalue weighted by molar-refractivity contribution is 9.09. The second-order valence-electron chi connectivity index (χ2n) is 4.19. The number of carbonyl (C=O) groups excluding carboxylic acids is 1. The summed E-state index contributed by atoms with van der Waals surface area (Å²) in [4.78, 5) is 21.5. The first-order valence-electron chi connectivity index (χ1n) is 4.95. The van der Waals surface area contributed by atoms with Crippen LogP contribution in [0.2, 0.25) is 0 Å². The Kier molecular flexibility index (Phi) is 3.92. The van der Waals surface area contributed by atoms with Gasteiger partial charge in [0, 0.05) is 10.4 Å². The molecule has 1 rings (SSSR count). The van der Waals surface area contributed by atoms with Crippen molar-refractivity contribution in [3.05, 3.63) is 28.0 Å². The summed E-state index contributed by atoms with van der Waals surface area (Å²) in [5.74, 6) is -0.993. The molecule has 0 aliphatic rings. The molecule has 0 aromatic carbocycles. The van der Waals surface area contributed by atoms with E-state index in [0.717, 1.165) is 6.07 Å². The number of nitrogens with zero attached hydrogens (tertiary/aromatic N) is 1. The molecule has 0 saturated carbocycles. The van der Waals surface area contributed by atoms with Crippen LogP contribution in [0.25, 0.3) is 0 Å². The summed E-state index contributed by atoms with van der Waals surface area (Å²) in [7, 11) is 0. The lowest BCUT2D eigenvalue weighted by Gasteiger charge is -2.28. The molecule has 0 spiro atoms. The lowest BCUT2D eigenvalue weighted by Crippen LogP contribution is -2.48. The van der Waals surface area contributed by atoms with Crippen molar-refractivity contribution in [1.82, 2.24) is 5.32 Å². The first kappa shape index (κ1) is 13.7. The molecule has 17 heavy (non-hydrogen) atoms. The van der Waals surface area contributed by atoms with Crippen molar-refractivity contribution < 1.29 is 14.1 Å². The number of carbonyl (C=O) groups is 1. The fourth-order valence-electron chi connectivity index (χ4n) is 1.00. The Morgan fingerprint density at radius 3 is 2.59 bits per heavy atom. The van der Waals surface area contributed by atoms with Crippen molar-refractivity contribution in [2.45, 2.75) is 31.1 Å². The van der Waals surface area contributed by atoms with Gasteiger partial charge in [-0.1, -0.05) is 22.9 Å². The fourth-order valence-corrected chi connectivity index (χ4v) is 1.12. The number of halogens is 1. The number of nitrogens with one attached hydrogen (secondary N) is 1. The molecule has 0 bridgehead atoms. The van der Waals surface area contributed by atoms with Gasteiger partial charge >= 0.3 is 5.88 Å². The van der Waals surface area contributed by atoms with E-state index >= 15 is 0 Å². The van der Waals surface area contributed by atoms with Gasteiger partial charge in [0.05, 0.1) is 6.07 Å². The van der Waals surface area contributed by atoms with Gasteiger partial charge in [-0.15, -0.1) is 0 Å². The maximum absolute atomic E-state index is 11.8. The molecule has 94 valence electrons. The van der Waals surface area contributed by atoms with Crippen molar-refractivity contribution in [1.29, 1.82) is 0 Å². The molecular weight excluding hydrogens is 292 g/mol. The highest BCUT2D eigenvalue weighted by Gasteiger charge is 2.28. The van der Waals surface area contributed by atoms with Gasteiger partial charge in [-0.3, -0.25) is 14.9 Å². The van der Waals surface area contributed by atoms with Crippen LogP contribution in [0.15, 0.2) is 16.5 Å². The largest absolute Gasteiger partial charge is 0.433 e. The van der Waals surface area contributed by atoms with Crippen LogP contribution >= 0.6 is 15.9 Å². The predicted octanol–water partition coefficient (Wildman–Crippen LogP) is 2.48. The van der Waals surface area contributed by atoms with Crippen LogP contribution in [-0.2, 0) is 0 Å². The van der Waals surface area contributed by atoms with Gasteiger partial charge in [0.25, 0.3) is 5.91 Å². The first-order valence-corrected chi connectivity index (χ1v) is 5.86. The molecule has 0 saturated heterocycles. The number of amides is 1. The van der Waals surface area contributed by atoms with Gasteiger partial charge in [-0.05, 0) is 19.9 Å². The zero-order valence-corrected chi connectivity index (χ0v) is 11.3. The molecule has 6 nitrogen and oxygen atoms in total. The minimum absolute atomic E-state index is 0.0453. The maximum Gasteiger partial charge on any atom is 0.433 e. The van der Waals surface area contributed by atoms with E-state index in [1.54, 1.807) is 0 Å². The second-order valence-corrected chi connectivity index (χ2v) is 5.56. The van der Waals surface area contributed by atoms with Crippen molar-refractivity contribution in [2.75, 3.05) is 0 Å². The van der Waals surface area contributed by atoms with Crippen LogP contribution in [0.4, 0.5) is 5.88 Å². The summed E-state index contributed by atoms with van der Waals surface area (Å²) >= 11 is 3.37. The van der Waals surface area contributed by atoms with Crippen LogP contribution in [0, 0.1) is 10.1 Å². The number of alkyl halides is 1. The number of rotatable bonds is 4. The smallest absolute Gasteiger partial charge is 0.395 e. The highest BCUT2D eigenvalue weighted by Crippen LogP contribution is 2.19. The third-order valence-electron chi connectivity index (χ3n) is 2.43. The highest BCUT2D eigenvalue weighted by atomic mass is 79.9. The third kappa shape index (κ3) is 3.29. The normalized spacial score (nSPS) is 13.2.